The Hall–Kier alpha value is -3.25. The van der Waals surface area contributed by atoms with Crippen LogP contribution in [0, 0.1) is 5.82 Å². The number of nitrogens with zero attached hydrogens (tertiary/aromatic N) is 1. The number of methoxy groups -OCH3 is 2. The van der Waals surface area contributed by atoms with Gasteiger partial charge in [0.2, 0.25) is 0 Å². The number of aryl methyl sites for hydroxylation is 1. The Labute approximate surface area is 225 Å². The van der Waals surface area contributed by atoms with E-state index >= 15 is 0 Å². The van der Waals surface area contributed by atoms with Crippen molar-refractivity contribution < 1.29 is 18.6 Å². The number of likely N-dealkylation sites (tertiary alicyclic amines) is 1. The zero-order chi connectivity index (χ0) is 26.3. The first kappa shape index (κ1) is 26.4. The number of rotatable bonds is 10. The van der Waals surface area contributed by atoms with E-state index in [0.717, 1.165) is 61.6 Å². The number of anilines is 1. The van der Waals surface area contributed by atoms with E-state index in [1.165, 1.54) is 36.0 Å². The van der Waals surface area contributed by atoms with Gasteiger partial charge < -0.3 is 19.5 Å². The quantitative estimate of drug-likeness (QED) is 0.328. The summed E-state index contributed by atoms with van der Waals surface area (Å²) in [6.45, 7) is 4.11. The van der Waals surface area contributed by atoms with Crippen molar-refractivity contribution in [3.05, 3.63) is 82.7 Å². The molecule has 1 fully saturated rings. The van der Waals surface area contributed by atoms with Crippen LogP contribution in [0.15, 0.2) is 54.6 Å². The van der Waals surface area contributed by atoms with Crippen molar-refractivity contribution in [2.24, 2.45) is 0 Å². The van der Waals surface area contributed by atoms with Gasteiger partial charge in [0.15, 0.2) is 11.6 Å². The number of hydrogen-bond acceptors (Lipinski definition) is 5. The summed E-state index contributed by atoms with van der Waals surface area (Å²) in [5.74, 6) is 2.13. The van der Waals surface area contributed by atoms with E-state index < -0.39 is 0 Å². The Morgan fingerprint density at radius 1 is 0.895 bits per heavy atom. The van der Waals surface area contributed by atoms with Gasteiger partial charge in [-0.3, -0.25) is 4.90 Å². The molecular weight excluding hydrogens is 479 g/mol. The Bertz CT molecular complexity index is 1230. The first-order valence-electron chi connectivity index (χ1n) is 13.8. The molecule has 1 N–H and O–H groups in total. The summed E-state index contributed by atoms with van der Waals surface area (Å²) in [4.78, 5) is 2.40. The molecule has 6 heteroatoms. The lowest BCUT2D eigenvalue weighted by Gasteiger charge is -2.27. The fourth-order valence-corrected chi connectivity index (χ4v) is 5.73. The third kappa shape index (κ3) is 6.41. The van der Waals surface area contributed by atoms with Crippen molar-refractivity contribution in [2.45, 2.75) is 51.0 Å². The minimum absolute atomic E-state index is 0.312. The smallest absolute Gasteiger partial charge is 0.165 e. The molecule has 0 spiro atoms. The van der Waals surface area contributed by atoms with Crippen molar-refractivity contribution in [1.29, 1.82) is 0 Å². The highest BCUT2D eigenvalue weighted by Gasteiger charge is 2.23. The normalized spacial score (nSPS) is 17.5. The lowest BCUT2D eigenvalue weighted by Crippen LogP contribution is -2.33. The molecule has 202 valence electrons. The van der Waals surface area contributed by atoms with Crippen LogP contribution in [0.5, 0.6) is 17.2 Å². The number of nitrogens with one attached hydrogen (secondary N) is 1. The van der Waals surface area contributed by atoms with Crippen LogP contribution in [-0.2, 0) is 19.4 Å². The lowest BCUT2D eigenvalue weighted by molar-refractivity contribution is 0.180. The molecular formula is C32H39FN2O3. The summed E-state index contributed by atoms with van der Waals surface area (Å²) in [5, 5.41) is 3.56. The molecule has 38 heavy (non-hydrogen) atoms. The molecule has 1 atom stereocenters. The number of fused-ring (bicyclic) bond motifs is 1. The third-order valence-electron chi connectivity index (χ3n) is 7.94. The molecule has 0 amide bonds. The highest BCUT2D eigenvalue weighted by atomic mass is 19.1. The third-order valence-corrected chi connectivity index (χ3v) is 7.94. The van der Waals surface area contributed by atoms with Crippen LogP contribution in [0.25, 0.3) is 0 Å². The molecule has 0 aromatic heterocycles. The molecule has 1 aliphatic heterocycles. The minimum atomic E-state index is -0.312. The van der Waals surface area contributed by atoms with Gasteiger partial charge in [0.25, 0.3) is 0 Å². The number of halogens is 1. The molecule has 0 radical (unpaired) electrons. The lowest BCUT2D eigenvalue weighted by atomic mass is 9.79. The van der Waals surface area contributed by atoms with E-state index in [9.17, 15) is 4.39 Å². The van der Waals surface area contributed by atoms with E-state index in [-0.39, 0.29) is 5.82 Å². The second-order valence-corrected chi connectivity index (χ2v) is 10.4. The average molecular weight is 519 g/mol. The SMILES string of the molecule is COc1ccc2c(c1)CCC(c1ccc(OC)cc1NCc1ccc(OCCN3CCCCC3)c(F)c1)C2. The predicted octanol–water partition coefficient (Wildman–Crippen LogP) is 6.59. The largest absolute Gasteiger partial charge is 0.497 e. The second kappa shape index (κ2) is 12.5. The fraction of sp³-hybridized carbons (Fsp3) is 0.438. The maximum absolute atomic E-state index is 14.8. The van der Waals surface area contributed by atoms with Gasteiger partial charge in [0, 0.05) is 24.8 Å². The molecule has 5 nitrogen and oxygen atoms in total. The molecule has 0 bridgehead atoms. The Kier molecular flexibility index (Phi) is 8.69. The average Bonchev–Trinajstić information content (AvgIpc) is 2.97. The number of benzene rings is 3. The van der Waals surface area contributed by atoms with Gasteiger partial charge in [0.05, 0.1) is 14.2 Å². The molecule has 0 saturated carbocycles. The van der Waals surface area contributed by atoms with Crippen LogP contribution in [0.3, 0.4) is 0 Å². The van der Waals surface area contributed by atoms with Gasteiger partial charge in [-0.05, 0) is 104 Å². The van der Waals surface area contributed by atoms with Crippen molar-refractivity contribution >= 4 is 5.69 Å². The monoisotopic (exact) mass is 518 g/mol. The van der Waals surface area contributed by atoms with Crippen molar-refractivity contribution in [3.63, 3.8) is 0 Å². The topological polar surface area (TPSA) is 43.0 Å². The van der Waals surface area contributed by atoms with Crippen LogP contribution in [-0.4, -0.2) is 45.4 Å². The molecule has 3 aromatic rings. The molecule has 5 rings (SSSR count). The Balaban J connectivity index is 1.23. The van der Waals surface area contributed by atoms with Crippen LogP contribution in [0.4, 0.5) is 10.1 Å². The summed E-state index contributed by atoms with van der Waals surface area (Å²) in [6, 6.07) is 17.9. The van der Waals surface area contributed by atoms with Gasteiger partial charge >= 0.3 is 0 Å². The van der Waals surface area contributed by atoms with Crippen LogP contribution in [0.2, 0.25) is 0 Å². The molecule has 1 aliphatic carbocycles. The molecule has 1 saturated heterocycles. The van der Waals surface area contributed by atoms with Crippen LogP contribution < -0.4 is 19.5 Å². The van der Waals surface area contributed by atoms with Crippen molar-refractivity contribution in [2.75, 3.05) is 45.8 Å². The molecule has 2 aliphatic rings. The van der Waals surface area contributed by atoms with Gasteiger partial charge in [0.1, 0.15) is 18.1 Å². The van der Waals surface area contributed by atoms with Gasteiger partial charge in [-0.25, -0.2) is 4.39 Å². The maximum Gasteiger partial charge on any atom is 0.165 e. The highest BCUT2D eigenvalue weighted by Crippen LogP contribution is 2.38. The van der Waals surface area contributed by atoms with Crippen molar-refractivity contribution in [1.82, 2.24) is 4.90 Å². The molecule has 1 heterocycles. The second-order valence-electron chi connectivity index (χ2n) is 10.4. The highest BCUT2D eigenvalue weighted by molar-refractivity contribution is 5.58. The fourth-order valence-electron chi connectivity index (χ4n) is 5.73. The Morgan fingerprint density at radius 2 is 1.68 bits per heavy atom. The Morgan fingerprint density at radius 3 is 2.47 bits per heavy atom. The van der Waals surface area contributed by atoms with E-state index in [2.05, 4.69) is 28.4 Å². The molecule has 1 unspecified atom stereocenters. The first-order valence-corrected chi connectivity index (χ1v) is 13.8. The zero-order valence-corrected chi connectivity index (χ0v) is 22.6. The summed E-state index contributed by atoms with van der Waals surface area (Å²) in [5.41, 5.74) is 5.93. The minimum Gasteiger partial charge on any atom is -0.497 e. The molecule has 3 aromatic carbocycles. The van der Waals surface area contributed by atoms with Crippen molar-refractivity contribution in [3.8, 4) is 17.2 Å². The number of ether oxygens (including phenoxy) is 3. The van der Waals surface area contributed by atoms with Crippen LogP contribution >= 0.6 is 0 Å². The van der Waals surface area contributed by atoms with Gasteiger partial charge in [-0.15, -0.1) is 0 Å². The maximum atomic E-state index is 14.8. The van der Waals surface area contributed by atoms with E-state index in [1.807, 2.05) is 24.3 Å². The van der Waals surface area contributed by atoms with E-state index in [0.29, 0.717) is 24.8 Å². The summed E-state index contributed by atoms with van der Waals surface area (Å²) < 4.78 is 31.5. The van der Waals surface area contributed by atoms with Gasteiger partial charge in [-0.1, -0.05) is 24.6 Å². The van der Waals surface area contributed by atoms with Gasteiger partial charge in [-0.2, -0.15) is 0 Å². The summed E-state index contributed by atoms with van der Waals surface area (Å²) in [7, 11) is 3.40. The first-order chi connectivity index (χ1) is 18.6. The standard InChI is InChI=1S/C32H39FN2O3/c1-36-27-10-9-24-19-26(8-7-25(24)20-27)29-12-11-28(37-2)21-31(29)34-22-23-6-13-32(30(33)18-23)38-17-16-35-14-4-3-5-15-35/h6,9-13,18,20-21,26,34H,3-5,7-8,14-17,19,22H2,1-2H3. The summed E-state index contributed by atoms with van der Waals surface area (Å²) in [6.07, 6.45) is 6.87. The van der Waals surface area contributed by atoms with E-state index in [1.54, 1.807) is 26.4 Å². The number of piperidine rings is 1. The zero-order valence-electron chi connectivity index (χ0n) is 22.6. The number of hydrogen-bond donors (Lipinski definition) is 1. The predicted molar refractivity (Wildman–Crippen MR) is 150 cm³/mol. The van der Waals surface area contributed by atoms with E-state index in [4.69, 9.17) is 14.2 Å². The van der Waals surface area contributed by atoms with Crippen LogP contribution in [0.1, 0.15) is 53.9 Å². The summed E-state index contributed by atoms with van der Waals surface area (Å²) >= 11 is 0.